The number of Topliss-reactive ketones (excluding diaryl/α,β-unsaturated/α-hetero) is 2. The summed E-state index contributed by atoms with van der Waals surface area (Å²) in [6.45, 7) is 2.90. The summed E-state index contributed by atoms with van der Waals surface area (Å²) >= 11 is 0. The Bertz CT molecular complexity index is 1180. The summed E-state index contributed by atoms with van der Waals surface area (Å²) in [6.07, 6.45) is 0.0437. The molecule has 1 aromatic carbocycles. The molecule has 1 aromatic rings. The highest BCUT2D eigenvalue weighted by molar-refractivity contribution is 6.22. The quantitative estimate of drug-likeness (QED) is 0.336. The van der Waals surface area contributed by atoms with E-state index < -0.39 is 52.0 Å². The molecule has 3 atom stereocenters. The van der Waals surface area contributed by atoms with Gasteiger partial charge in [-0.25, -0.2) is 0 Å². The third-order valence-corrected chi connectivity index (χ3v) is 7.17. The molecule has 0 aliphatic heterocycles. The number of phenolic OH excluding ortho intramolecular Hbond substituents is 1. The van der Waals surface area contributed by atoms with E-state index in [1.54, 1.807) is 0 Å². The molecule has 0 unspecified atom stereocenters. The number of aliphatic hydroxyl groups excluding tert-OH is 2. The van der Waals surface area contributed by atoms with Crippen LogP contribution >= 0.6 is 0 Å². The van der Waals surface area contributed by atoms with Gasteiger partial charge in [-0.3, -0.25) is 14.4 Å². The van der Waals surface area contributed by atoms with Crippen LogP contribution in [0.4, 0.5) is 5.69 Å². The average Bonchev–Trinajstić information content (AvgIpc) is 2.75. The first-order chi connectivity index (χ1) is 15.9. The summed E-state index contributed by atoms with van der Waals surface area (Å²) in [7, 11) is 3.66. The van der Waals surface area contributed by atoms with Crippen LogP contribution in [-0.2, 0) is 27.3 Å². The zero-order valence-corrected chi connectivity index (χ0v) is 19.3. The van der Waals surface area contributed by atoms with Crippen LogP contribution in [0.3, 0.4) is 0 Å². The number of benzene rings is 1. The van der Waals surface area contributed by atoms with Gasteiger partial charge < -0.3 is 36.4 Å². The first-order valence-corrected chi connectivity index (χ1v) is 11.2. The lowest BCUT2D eigenvalue weighted by Crippen LogP contribution is -2.58. The molecular weight excluding hydrogens is 442 g/mol. The van der Waals surface area contributed by atoms with Crippen LogP contribution in [0.1, 0.15) is 36.5 Å². The highest BCUT2D eigenvalue weighted by Gasteiger charge is 2.60. The van der Waals surface area contributed by atoms with Gasteiger partial charge in [0.25, 0.3) is 5.91 Å². The Morgan fingerprint density at radius 2 is 1.91 bits per heavy atom. The van der Waals surface area contributed by atoms with Gasteiger partial charge in [0, 0.05) is 49.8 Å². The molecule has 0 bridgehead atoms. The van der Waals surface area contributed by atoms with Gasteiger partial charge in [0.2, 0.25) is 5.78 Å². The van der Waals surface area contributed by atoms with Gasteiger partial charge in [-0.1, -0.05) is 6.92 Å². The SMILES string of the molecule is CCNCc1cc(N(C)C)c2c(c1O)C(O)=C1C(=O)[C@]3(O)C(O)=C(C(N)=O)C(=O)C[C@@H]3C[C@@H]1C2. The zero-order chi connectivity index (χ0) is 25.1. The number of rotatable bonds is 5. The third-order valence-electron chi connectivity index (χ3n) is 7.17. The Labute approximate surface area is 196 Å². The topological polar surface area (TPSA) is 173 Å². The van der Waals surface area contributed by atoms with Crippen LogP contribution in [0.15, 0.2) is 23.0 Å². The molecule has 0 aromatic heterocycles. The fourth-order valence-corrected chi connectivity index (χ4v) is 5.52. The Morgan fingerprint density at radius 1 is 1.24 bits per heavy atom. The summed E-state index contributed by atoms with van der Waals surface area (Å²) in [5.74, 6) is -6.24. The highest BCUT2D eigenvalue weighted by atomic mass is 16.3. The van der Waals surface area contributed by atoms with Crippen molar-refractivity contribution in [2.24, 2.45) is 17.6 Å². The largest absolute Gasteiger partial charge is 0.508 e. The molecule has 10 nitrogen and oxygen atoms in total. The number of ketones is 2. The fourth-order valence-electron chi connectivity index (χ4n) is 5.52. The number of nitrogens with two attached hydrogens (primary N) is 1. The van der Waals surface area contributed by atoms with E-state index in [0.717, 1.165) is 5.69 Å². The number of amides is 1. The third kappa shape index (κ3) is 3.20. The van der Waals surface area contributed by atoms with Gasteiger partial charge in [-0.15, -0.1) is 0 Å². The number of primary amides is 1. The van der Waals surface area contributed by atoms with E-state index >= 15 is 0 Å². The van der Waals surface area contributed by atoms with E-state index in [2.05, 4.69) is 5.32 Å². The average molecular weight is 472 g/mol. The molecule has 182 valence electrons. The number of carbonyl (C=O) groups is 3. The minimum Gasteiger partial charge on any atom is -0.508 e. The zero-order valence-electron chi connectivity index (χ0n) is 19.3. The number of nitrogens with one attached hydrogen (secondary N) is 1. The smallest absolute Gasteiger partial charge is 0.255 e. The number of carbonyl (C=O) groups excluding carboxylic acids is 3. The van der Waals surface area contributed by atoms with Crippen molar-refractivity contribution in [3.05, 3.63) is 39.7 Å². The molecule has 1 fully saturated rings. The molecular formula is C24H29N3O7. The molecule has 34 heavy (non-hydrogen) atoms. The maximum atomic E-state index is 13.6. The van der Waals surface area contributed by atoms with Gasteiger partial charge in [0.15, 0.2) is 11.4 Å². The van der Waals surface area contributed by atoms with Gasteiger partial charge in [0.1, 0.15) is 22.8 Å². The van der Waals surface area contributed by atoms with Gasteiger partial charge in [0.05, 0.1) is 5.56 Å². The number of phenols is 1. The summed E-state index contributed by atoms with van der Waals surface area (Å²) in [6, 6.07) is 1.83. The number of hydrogen-bond acceptors (Lipinski definition) is 9. The van der Waals surface area contributed by atoms with Crippen LogP contribution in [0.5, 0.6) is 5.75 Å². The number of nitrogens with zero attached hydrogens (tertiary/aromatic N) is 1. The van der Waals surface area contributed by atoms with E-state index in [4.69, 9.17) is 5.73 Å². The molecule has 0 saturated heterocycles. The van der Waals surface area contributed by atoms with Crippen molar-refractivity contribution >= 4 is 28.9 Å². The fraction of sp³-hybridized carbons (Fsp3) is 0.458. The normalized spacial score (nSPS) is 26.2. The minimum absolute atomic E-state index is 0.103. The number of fused-ring (bicyclic) bond motifs is 3. The van der Waals surface area contributed by atoms with Crippen molar-refractivity contribution in [3.8, 4) is 5.75 Å². The molecule has 3 aliphatic rings. The lowest BCUT2D eigenvalue weighted by molar-refractivity contribution is -0.147. The molecule has 0 heterocycles. The van der Waals surface area contributed by atoms with Crippen molar-refractivity contribution in [2.45, 2.75) is 38.3 Å². The second-order valence-electron chi connectivity index (χ2n) is 9.34. The van der Waals surface area contributed by atoms with Crippen LogP contribution < -0.4 is 16.0 Å². The predicted octanol–water partition coefficient (Wildman–Crippen LogP) is 0.599. The maximum absolute atomic E-state index is 13.6. The standard InChI is InChI=1S/C24H29N3O7/c1-4-26-9-11-7-14(27(2)3)13-6-10-5-12-8-15(28)18(23(25)33)22(32)24(12,34)21(31)16(10)20(30)17(13)19(11)29/h7,10,12,26,29-30,32,34H,4-6,8-9H2,1-3H3,(H2,25,33)/t10-,12+,24+/m1/s1. The number of anilines is 1. The lowest BCUT2D eigenvalue weighted by atomic mass is 9.59. The molecule has 1 saturated carbocycles. The van der Waals surface area contributed by atoms with E-state index in [0.29, 0.717) is 24.2 Å². The maximum Gasteiger partial charge on any atom is 0.255 e. The van der Waals surface area contributed by atoms with Crippen LogP contribution in [-0.4, -0.2) is 64.1 Å². The van der Waals surface area contributed by atoms with Gasteiger partial charge in [-0.2, -0.15) is 0 Å². The van der Waals surface area contributed by atoms with Crippen molar-refractivity contribution in [1.29, 1.82) is 0 Å². The lowest BCUT2D eigenvalue weighted by Gasteiger charge is -2.46. The van der Waals surface area contributed by atoms with E-state index in [1.165, 1.54) is 0 Å². The summed E-state index contributed by atoms with van der Waals surface area (Å²) in [5.41, 5.74) is 3.75. The number of hydrogen-bond donors (Lipinski definition) is 6. The van der Waals surface area contributed by atoms with Crippen LogP contribution in [0, 0.1) is 11.8 Å². The molecule has 3 aliphatic carbocycles. The molecule has 10 heteroatoms. The summed E-state index contributed by atoms with van der Waals surface area (Å²) in [5, 5.41) is 47.4. The minimum atomic E-state index is -2.56. The first kappa shape index (κ1) is 23.8. The predicted molar refractivity (Wildman–Crippen MR) is 123 cm³/mol. The number of aromatic hydroxyl groups is 1. The van der Waals surface area contributed by atoms with Crippen molar-refractivity contribution in [3.63, 3.8) is 0 Å². The van der Waals surface area contributed by atoms with Crippen molar-refractivity contribution < 1.29 is 34.8 Å². The van der Waals surface area contributed by atoms with Crippen molar-refractivity contribution in [1.82, 2.24) is 5.32 Å². The van der Waals surface area contributed by atoms with E-state index in [9.17, 15) is 34.8 Å². The molecule has 4 rings (SSSR count). The van der Waals surface area contributed by atoms with Crippen molar-refractivity contribution in [2.75, 3.05) is 25.5 Å². The molecule has 0 radical (unpaired) electrons. The van der Waals surface area contributed by atoms with Crippen LogP contribution in [0.25, 0.3) is 5.76 Å². The van der Waals surface area contributed by atoms with Gasteiger partial charge >= 0.3 is 0 Å². The first-order valence-electron chi connectivity index (χ1n) is 11.2. The molecule has 7 N–H and O–H groups in total. The second kappa shape index (κ2) is 8.14. The van der Waals surface area contributed by atoms with Crippen LogP contribution in [0.2, 0.25) is 0 Å². The Morgan fingerprint density at radius 3 is 2.50 bits per heavy atom. The van der Waals surface area contributed by atoms with E-state index in [-0.39, 0.29) is 36.1 Å². The Kier molecular flexibility index (Phi) is 5.69. The highest BCUT2D eigenvalue weighted by Crippen LogP contribution is 2.53. The second-order valence-corrected chi connectivity index (χ2v) is 9.34. The monoisotopic (exact) mass is 471 g/mol. The summed E-state index contributed by atoms with van der Waals surface area (Å²) in [4.78, 5) is 39.6. The number of aliphatic hydroxyl groups is 3. The Hall–Kier alpha value is -3.37. The Balaban J connectivity index is 1.94. The molecule has 0 spiro atoms. The summed E-state index contributed by atoms with van der Waals surface area (Å²) < 4.78 is 0. The van der Waals surface area contributed by atoms with E-state index in [1.807, 2.05) is 32.0 Å². The molecule has 1 amide bonds. The van der Waals surface area contributed by atoms with Gasteiger partial charge in [-0.05, 0) is 36.9 Å².